The van der Waals surface area contributed by atoms with Crippen molar-refractivity contribution >= 4 is 22.2 Å². The van der Waals surface area contributed by atoms with Crippen LogP contribution >= 0.6 is 15.9 Å². The molecule has 0 aliphatic rings. The van der Waals surface area contributed by atoms with Gasteiger partial charge in [-0.25, -0.2) is 4.98 Å². The molecular weight excluding hydrogens is 348 g/mol. The Hall–Kier alpha value is -1.32. The molecule has 0 saturated carbocycles. The smallest absolute Gasteiger partial charge is 0.405 e. The lowest BCUT2D eigenvalue weighted by Crippen LogP contribution is -2.22. The van der Waals surface area contributed by atoms with Gasteiger partial charge < -0.3 is 4.74 Å². The van der Waals surface area contributed by atoms with Crippen LogP contribution in [0.2, 0.25) is 0 Å². The van der Waals surface area contributed by atoms with Crippen LogP contribution in [0.1, 0.15) is 21.7 Å². The highest BCUT2D eigenvalue weighted by Gasteiger charge is 2.42. The van der Waals surface area contributed by atoms with E-state index in [4.69, 9.17) is 0 Å². The summed E-state index contributed by atoms with van der Waals surface area (Å²) in [5, 5.41) is -0.488. The van der Waals surface area contributed by atoms with Crippen LogP contribution in [0.5, 0.6) is 5.75 Å². The fourth-order valence-corrected chi connectivity index (χ4v) is 1.66. The van der Waals surface area contributed by atoms with E-state index in [0.29, 0.717) is 0 Å². The average Bonchev–Trinajstić information content (AvgIpc) is 2.23. The van der Waals surface area contributed by atoms with Gasteiger partial charge in [-0.3, -0.25) is 4.79 Å². The molecule has 19 heavy (non-hydrogen) atoms. The molecule has 1 aromatic rings. The van der Waals surface area contributed by atoms with Gasteiger partial charge in [-0.1, -0.05) is 15.9 Å². The number of halogens is 7. The van der Waals surface area contributed by atoms with E-state index in [1.54, 1.807) is 0 Å². The first-order chi connectivity index (χ1) is 8.58. The van der Waals surface area contributed by atoms with Crippen molar-refractivity contribution in [1.82, 2.24) is 4.98 Å². The zero-order chi connectivity index (χ0) is 14.8. The molecule has 0 bridgehead atoms. The van der Waals surface area contributed by atoms with E-state index in [1.807, 2.05) is 0 Å². The second-order valence-corrected chi connectivity index (χ2v) is 3.72. The third-order valence-electron chi connectivity index (χ3n) is 1.83. The van der Waals surface area contributed by atoms with Crippen LogP contribution in [0, 0.1) is 0 Å². The number of aromatic nitrogens is 1. The van der Waals surface area contributed by atoms with Crippen molar-refractivity contribution in [3.8, 4) is 5.75 Å². The molecule has 1 heterocycles. The number of pyridine rings is 1. The van der Waals surface area contributed by atoms with Crippen LogP contribution < -0.4 is 4.74 Å². The van der Waals surface area contributed by atoms with Crippen LogP contribution in [-0.4, -0.2) is 17.6 Å². The van der Waals surface area contributed by atoms with E-state index in [-0.39, 0.29) is 12.4 Å². The Balaban J connectivity index is 3.51. The quantitative estimate of drug-likeness (QED) is 0.473. The van der Waals surface area contributed by atoms with Gasteiger partial charge in [0.15, 0.2) is 6.29 Å². The van der Waals surface area contributed by atoms with Gasteiger partial charge >= 0.3 is 12.5 Å². The lowest BCUT2D eigenvalue weighted by atomic mass is 10.1. The molecule has 1 aromatic heterocycles. The largest absolute Gasteiger partial charge is 0.573 e. The fourth-order valence-electron chi connectivity index (χ4n) is 1.26. The highest BCUT2D eigenvalue weighted by molar-refractivity contribution is 9.08. The van der Waals surface area contributed by atoms with Gasteiger partial charge in [-0.15, -0.1) is 13.2 Å². The number of carbonyl (C=O) groups is 1. The summed E-state index contributed by atoms with van der Waals surface area (Å²) >= 11 is 2.66. The van der Waals surface area contributed by atoms with E-state index in [1.165, 1.54) is 0 Å². The topological polar surface area (TPSA) is 39.2 Å². The number of alkyl halides is 7. The summed E-state index contributed by atoms with van der Waals surface area (Å²) in [4.78, 5) is 13.7. The standard InChI is InChI=1S/C9H4BrF6NO2/c10-2-5-7(8(11,12)13)6(19-9(14,15)16)1-4(3-18)17-5/h1,3H,2H2. The van der Waals surface area contributed by atoms with Crippen LogP contribution in [0.4, 0.5) is 26.3 Å². The molecule has 106 valence electrons. The number of carbonyl (C=O) groups excluding carboxylic acids is 1. The van der Waals surface area contributed by atoms with Crippen molar-refractivity contribution in [3.05, 3.63) is 23.0 Å². The number of rotatable bonds is 3. The van der Waals surface area contributed by atoms with Gasteiger partial charge in [0, 0.05) is 11.4 Å². The maximum atomic E-state index is 12.7. The molecule has 0 saturated heterocycles. The Bertz CT molecular complexity index is 485. The molecule has 0 atom stereocenters. The van der Waals surface area contributed by atoms with E-state index in [2.05, 4.69) is 25.7 Å². The number of hydrogen-bond acceptors (Lipinski definition) is 3. The minimum Gasteiger partial charge on any atom is -0.405 e. The normalized spacial score (nSPS) is 12.4. The maximum absolute atomic E-state index is 12.7. The number of aldehydes is 1. The zero-order valence-electron chi connectivity index (χ0n) is 8.77. The lowest BCUT2D eigenvalue weighted by Gasteiger charge is -2.17. The second-order valence-electron chi connectivity index (χ2n) is 3.16. The van der Waals surface area contributed by atoms with E-state index >= 15 is 0 Å². The van der Waals surface area contributed by atoms with Crippen molar-refractivity contribution in [2.24, 2.45) is 0 Å². The Kier molecular flexibility index (Phi) is 4.43. The van der Waals surface area contributed by atoms with Crippen molar-refractivity contribution in [2.75, 3.05) is 0 Å². The molecule has 0 spiro atoms. The third-order valence-corrected chi connectivity index (χ3v) is 2.37. The first-order valence-electron chi connectivity index (χ1n) is 4.46. The van der Waals surface area contributed by atoms with Gasteiger partial charge in [-0.2, -0.15) is 13.2 Å². The molecule has 0 unspecified atom stereocenters. The van der Waals surface area contributed by atoms with Gasteiger partial charge in [0.05, 0.1) is 5.69 Å². The fraction of sp³-hybridized carbons (Fsp3) is 0.333. The summed E-state index contributed by atoms with van der Waals surface area (Å²) in [5.41, 5.74) is -3.04. The first kappa shape index (κ1) is 15.7. The summed E-state index contributed by atoms with van der Waals surface area (Å²) < 4.78 is 77.6. The minimum absolute atomic E-state index is 0.0234. The van der Waals surface area contributed by atoms with Gasteiger partial charge in [0.25, 0.3) is 0 Å². The third kappa shape index (κ3) is 4.08. The molecule has 0 radical (unpaired) electrons. The Morgan fingerprint density at radius 3 is 2.21 bits per heavy atom. The number of nitrogens with zero attached hydrogens (tertiary/aromatic N) is 1. The summed E-state index contributed by atoms with van der Waals surface area (Å²) in [7, 11) is 0. The van der Waals surface area contributed by atoms with Gasteiger partial charge in [0.1, 0.15) is 17.0 Å². The lowest BCUT2D eigenvalue weighted by molar-refractivity contribution is -0.276. The van der Waals surface area contributed by atoms with Crippen LogP contribution in [0.25, 0.3) is 0 Å². The summed E-state index contributed by atoms with van der Waals surface area (Å²) in [6.07, 6.45) is -10.4. The molecule has 0 aliphatic carbocycles. The molecule has 10 heteroatoms. The average molecular weight is 352 g/mol. The van der Waals surface area contributed by atoms with Gasteiger partial charge in [0.2, 0.25) is 0 Å². The highest BCUT2D eigenvalue weighted by Crippen LogP contribution is 2.40. The maximum Gasteiger partial charge on any atom is 0.573 e. The molecule has 0 fully saturated rings. The Morgan fingerprint density at radius 2 is 1.84 bits per heavy atom. The van der Waals surface area contributed by atoms with Gasteiger partial charge in [-0.05, 0) is 0 Å². The van der Waals surface area contributed by atoms with Crippen LogP contribution in [0.15, 0.2) is 6.07 Å². The molecule has 0 aromatic carbocycles. The van der Waals surface area contributed by atoms with Crippen molar-refractivity contribution < 1.29 is 35.9 Å². The van der Waals surface area contributed by atoms with E-state index < -0.39 is 40.6 Å². The zero-order valence-corrected chi connectivity index (χ0v) is 10.4. The second kappa shape index (κ2) is 5.35. The van der Waals surface area contributed by atoms with E-state index in [0.717, 1.165) is 0 Å². The summed E-state index contributed by atoms with van der Waals surface area (Å²) in [5.74, 6) is -1.51. The molecule has 1 rings (SSSR count). The van der Waals surface area contributed by atoms with Crippen molar-refractivity contribution in [3.63, 3.8) is 0 Å². The van der Waals surface area contributed by atoms with Crippen molar-refractivity contribution in [1.29, 1.82) is 0 Å². The first-order valence-corrected chi connectivity index (χ1v) is 5.58. The summed E-state index contributed by atoms with van der Waals surface area (Å²) in [6, 6.07) is 0.287. The number of ether oxygens (including phenoxy) is 1. The summed E-state index contributed by atoms with van der Waals surface area (Å²) in [6.45, 7) is 0. The minimum atomic E-state index is -5.31. The Labute approximate surface area is 110 Å². The predicted molar refractivity (Wildman–Crippen MR) is 53.9 cm³/mol. The molecular formula is C9H4BrF6NO2. The molecule has 0 amide bonds. The molecule has 3 nitrogen and oxygen atoms in total. The molecule has 0 aliphatic heterocycles. The monoisotopic (exact) mass is 351 g/mol. The Morgan fingerprint density at radius 1 is 1.26 bits per heavy atom. The van der Waals surface area contributed by atoms with Crippen molar-refractivity contribution in [2.45, 2.75) is 17.9 Å². The predicted octanol–water partition coefficient (Wildman–Crippen LogP) is 3.71. The van der Waals surface area contributed by atoms with E-state index in [9.17, 15) is 31.1 Å². The van der Waals surface area contributed by atoms with Crippen LogP contribution in [0.3, 0.4) is 0 Å². The highest BCUT2D eigenvalue weighted by atomic mass is 79.9. The number of hydrogen-bond donors (Lipinski definition) is 0. The molecule has 0 N–H and O–H groups in total. The SMILES string of the molecule is O=Cc1cc(OC(F)(F)F)c(C(F)(F)F)c(CBr)n1. The van der Waals surface area contributed by atoms with Crippen LogP contribution in [-0.2, 0) is 11.5 Å².